The summed E-state index contributed by atoms with van der Waals surface area (Å²) in [7, 11) is 1.66. The maximum absolute atomic E-state index is 10.9. The van der Waals surface area contributed by atoms with E-state index < -0.39 is 4.92 Å². The summed E-state index contributed by atoms with van der Waals surface area (Å²) < 4.78 is 5.06. The van der Waals surface area contributed by atoms with E-state index in [1.807, 2.05) is 6.92 Å². The number of aryl methyl sites for hydroxylation is 1. The fourth-order valence-electron chi connectivity index (χ4n) is 1.62. The third-order valence-corrected chi connectivity index (χ3v) is 2.93. The van der Waals surface area contributed by atoms with Crippen LogP contribution in [-0.2, 0) is 4.74 Å². The van der Waals surface area contributed by atoms with E-state index in [1.165, 1.54) is 6.07 Å². The average molecular weight is 267 g/mol. The third-order valence-electron chi connectivity index (χ3n) is 2.93. The third kappa shape index (κ3) is 4.82. The summed E-state index contributed by atoms with van der Waals surface area (Å²) in [6, 6.07) is 3.12. The number of aromatic nitrogens is 1. The molecule has 0 spiro atoms. The van der Waals surface area contributed by atoms with Crippen molar-refractivity contribution in [3.05, 3.63) is 27.9 Å². The van der Waals surface area contributed by atoms with Crippen LogP contribution in [0.25, 0.3) is 0 Å². The monoisotopic (exact) mass is 267 g/mol. The fourth-order valence-corrected chi connectivity index (χ4v) is 1.62. The minimum atomic E-state index is -0.420. The molecule has 1 rings (SSSR count). The van der Waals surface area contributed by atoms with Crippen LogP contribution in [0.15, 0.2) is 12.1 Å². The Kier molecular flexibility index (Phi) is 5.23. The quantitative estimate of drug-likeness (QED) is 0.607. The standard InChI is InChI=1S/C13H21N3O3/c1-10-5-6-11(16(17)18)12(15-10)14-9-13(2,3)7-8-19-4/h5-6H,7-9H2,1-4H3,(H,14,15). The second kappa shape index (κ2) is 6.47. The Morgan fingerprint density at radius 1 is 1.47 bits per heavy atom. The van der Waals surface area contributed by atoms with Crippen molar-refractivity contribution >= 4 is 11.5 Å². The minimum absolute atomic E-state index is 0.00754. The molecule has 0 aliphatic rings. The highest BCUT2D eigenvalue weighted by Gasteiger charge is 2.21. The Hall–Kier alpha value is -1.69. The lowest BCUT2D eigenvalue weighted by molar-refractivity contribution is -0.384. The van der Waals surface area contributed by atoms with Crippen LogP contribution in [0, 0.1) is 22.5 Å². The van der Waals surface area contributed by atoms with Crippen LogP contribution in [0.4, 0.5) is 11.5 Å². The summed E-state index contributed by atoms with van der Waals surface area (Å²) in [5.74, 6) is 0.329. The zero-order chi connectivity index (χ0) is 14.5. The molecule has 1 heterocycles. The number of rotatable bonds is 7. The molecule has 1 aromatic rings. The van der Waals surface area contributed by atoms with E-state index in [0.29, 0.717) is 19.0 Å². The molecule has 0 fully saturated rings. The molecule has 106 valence electrons. The number of ether oxygens (including phenoxy) is 1. The molecule has 0 aliphatic heterocycles. The number of hydrogen-bond acceptors (Lipinski definition) is 5. The molecule has 0 unspecified atom stereocenters. The normalized spacial score (nSPS) is 11.4. The van der Waals surface area contributed by atoms with Crippen molar-refractivity contribution in [2.75, 3.05) is 25.6 Å². The predicted molar refractivity (Wildman–Crippen MR) is 74.4 cm³/mol. The van der Waals surface area contributed by atoms with Gasteiger partial charge in [-0.15, -0.1) is 0 Å². The lowest BCUT2D eigenvalue weighted by atomic mass is 9.90. The van der Waals surface area contributed by atoms with Crippen molar-refractivity contribution in [2.45, 2.75) is 27.2 Å². The number of hydrogen-bond donors (Lipinski definition) is 1. The molecule has 0 saturated heterocycles. The molecule has 0 aromatic carbocycles. The molecule has 0 saturated carbocycles. The van der Waals surface area contributed by atoms with Gasteiger partial charge in [-0.1, -0.05) is 13.8 Å². The number of nitrogens with one attached hydrogen (secondary N) is 1. The van der Waals surface area contributed by atoms with E-state index in [0.717, 1.165) is 12.1 Å². The van der Waals surface area contributed by atoms with Crippen LogP contribution in [0.2, 0.25) is 0 Å². The average Bonchev–Trinajstić information content (AvgIpc) is 2.34. The molecule has 0 amide bonds. The molecular weight excluding hydrogens is 246 g/mol. The van der Waals surface area contributed by atoms with Crippen LogP contribution in [0.1, 0.15) is 26.0 Å². The lowest BCUT2D eigenvalue weighted by Gasteiger charge is -2.24. The van der Waals surface area contributed by atoms with Gasteiger partial charge in [-0.05, 0) is 24.8 Å². The van der Waals surface area contributed by atoms with E-state index in [2.05, 4.69) is 24.1 Å². The van der Waals surface area contributed by atoms with Gasteiger partial charge >= 0.3 is 5.69 Å². The number of methoxy groups -OCH3 is 1. The molecule has 0 radical (unpaired) electrons. The van der Waals surface area contributed by atoms with Gasteiger partial charge in [0.05, 0.1) is 4.92 Å². The Morgan fingerprint density at radius 3 is 2.74 bits per heavy atom. The zero-order valence-corrected chi connectivity index (χ0v) is 11.9. The molecule has 19 heavy (non-hydrogen) atoms. The van der Waals surface area contributed by atoms with Crippen LogP contribution >= 0.6 is 0 Å². The molecule has 0 aliphatic carbocycles. The van der Waals surface area contributed by atoms with E-state index >= 15 is 0 Å². The van der Waals surface area contributed by atoms with Gasteiger partial charge in [0.2, 0.25) is 5.82 Å². The number of pyridine rings is 1. The van der Waals surface area contributed by atoms with Crippen LogP contribution in [0.5, 0.6) is 0 Å². The first-order chi connectivity index (χ1) is 8.85. The topological polar surface area (TPSA) is 77.3 Å². The predicted octanol–water partition coefficient (Wildman–Crippen LogP) is 2.77. The van der Waals surface area contributed by atoms with Gasteiger partial charge in [0, 0.05) is 32.0 Å². The molecule has 1 aromatic heterocycles. The highest BCUT2D eigenvalue weighted by Crippen LogP contribution is 2.25. The maximum Gasteiger partial charge on any atom is 0.311 e. The van der Waals surface area contributed by atoms with Crippen molar-refractivity contribution in [1.29, 1.82) is 0 Å². The smallest absolute Gasteiger partial charge is 0.311 e. The van der Waals surface area contributed by atoms with Gasteiger partial charge in [0.25, 0.3) is 0 Å². The van der Waals surface area contributed by atoms with Crippen molar-refractivity contribution in [3.63, 3.8) is 0 Å². The van der Waals surface area contributed by atoms with Crippen molar-refractivity contribution in [2.24, 2.45) is 5.41 Å². The van der Waals surface area contributed by atoms with Crippen molar-refractivity contribution in [1.82, 2.24) is 4.98 Å². The van der Waals surface area contributed by atoms with Crippen LogP contribution in [-0.4, -0.2) is 30.2 Å². The van der Waals surface area contributed by atoms with E-state index in [1.54, 1.807) is 13.2 Å². The van der Waals surface area contributed by atoms with Gasteiger partial charge in [-0.2, -0.15) is 0 Å². The summed E-state index contributed by atoms with van der Waals surface area (Å²) in [6.45, 7) is 7.25. The van der Waals surface area contributed by atoms with Crippen molar-refractivity contribution in [3.8, 4) is 0 Å². The number of nitrogens with zero attached hydrogens (tertiary/aromatic N) is 2. The van der Waals surface area contributed by atoms with Gasteiger partial charge < -0.3 is 10.1 Å². The number of nitro groups is 1. The molecule has 0 bridgehead atoms. The highest BCUT2D eigenvalue weighted by atomic mass is 16.6. The Balaban J connectivity index is 2.76. The SMILES string of the molecule is COCCC(C)(C)CNc1nc(C)ccc1[N+](=O)[O-]. The van der Waals surface area contributed by atoms with E-state index in [-0.39, 0.29) is 11.1 Å². The Bertz CT molecular complexity index is 447. The summed E-state index contributed by atoms with van der Waals surface area (Å²) in [5, 5.41) is 14.0. The molecule has 1 N–H and O–H groups in total. The molecule has 6 heteroatoms. The molecule has 6 nitrogen and oxygen atoms in total. The van der Waals surface area contributed by atoms with E-state index in [4.69, 9.17) is 4.74 Å². The summed E-state index contributed by atoms with van der Waals surface area (Å²) in [6.07, 6.45) is 0.871. The van der Waals surface area contributed by atoms with Gasteiger partial charge in [0.1, 0.15) is 0 Å². The van der Waals surface area contributed by atoms with Gasteiger partial charge in [0.15, 0.2) is 0 Å². The van der Waals surface area contributed by atoms with Crippen LogP contribution in [0.3, 0.4) is 0 Å². The summed E-state index contributed by atoms with van der Waals surface area (Å²) in [4.78, 5) is 14.7. The van der Waals surface area contributed by atoms with Gasteiger partial charge in [-0.25, -0.2) is 4.98 Å². The first-order valence-corrected chi connectivity index (χ1v) is 6.20. The van der Waals surface area contributed by atoms with Gasteiger partial charge in [-0.3, -0.25) is 10.1 Å². The minimum Gasteiger partial charge on any atom is -0.385 e. The Morgan fingerprint density at radius 2 is 2.16 bits per heavy atom. The largest absolute Gasteiger partial charge is 0.385 e. The second-order valence-electron chi connectivity index (χ2n) is 5.34. The lowest BCUT2D eigenvalue weighted by Crippen LogP contribution is -2.25. The van der Waals surface area contributed by atoms with Crippen molar-refractivity contribution < 1.29 is 9.66 Å². The van der Waals surface area contributed by atoms with Crippen LogP contribution < -0.4 is 5.32 Å². The first-order valence-electron chi connectivity index (χ1n) is 6.20. The summed E-state index contributed by atoms with van der Waals surface area (Å²) in [5.41, 5.74) is 0.742. The molecule has 0 atom stereocenters. The maximum atomic E-state index is 10.9. The fraction of sp³-hybridized carbons (Fsp3) is 0.615. The zero-order valence-electron chi connectivity index (χ0n) is 11.9. The summed E-state index contributed by atoms with van der Waals surface area (Å²) >= 11 is 0. The number of anilines is 1. The first kappa shape index (κ1) is 15.4. The second-order valence-corrected chi connectivity index (χ2v) is 5.34. The Labute approximate surface area is 113 Å². The highest BCUT2D eigenvalue weighted by molar-refractivity contribution is 5.56. The van der Waals surface area contributed by atoms with E-state index in [9.17, 15) is 10.1 Å². The molecular formula is C13H21N3O3.